The van der Waals surface area contributed by atoms with Crippen molar-refractivity contribution in [3.8, 4) is 5.75 Å². The van der Waals surface area contributed by atoms with Crippen LogP contribution in [0.2, 0.25) is 0 Å². The number of amides is 3. The molecule has 98 valence electrons. The molecule has 1 aromatic carbocycles. The van der Waals surface area contributed by atoms with Gasteiger partial charge in [-0.1, -0.05) is 22.0 Å². The van der Waals surface area contributed by atoms with Crippen molar-refractivity contribution in [1.29, 1.82) is 0 Å². The summed E-state index contributed by atoms with van der Waals surface area (Å²) in [6.45, 7) is 1.22. The summed E-state index contributed by atoms with van der Waals surface area (Å²) < 4.78 is 5.98. The number of rotatable bonds is 4. The van der Waals surface area contributed by atoms with Gasteiger partial charge in [-0.05, 0) is 19.1 Å². The minimum absolute atomic E-state index is 0.360. The number of imide groups is 1. The summed E-state index contributed by atoms with van der Waals surface area (Å²) in [5.41, 5.74) is 5.34. The van der Waals surface area contributed by atoms with Crippen LogP contribution in [-0.2, 0) is 4.79 Å². The van der Waals surface area contributed by atoms with Gasteiger partial charge in [0.15, 0.2) is 6.61 Å². The Morgan fingerprint density at radius 2 is 2.22 bits per heavy atom. The van der Waals surface area contributed by atoms with Gasteiger partial charge in [0.1, 0.15) is 5.75 Å². The number of ether oxygens (including phenoxy) is 1. The molecule has 1 rings (SSSR count). The summed E-state index contributed by atoms with van der Waals surface area (Å²) in [6.07, 6.45) is -0.729. The molecule has 18 heavy (non-hydrogen) atoms. The van der Waals surface area contributed by atoms with E-state index < -0.39 is 18.0 Å². The molecule has 1 aromatic rings. The topological polar surface area (TPSA) is 102 Å². The fraction of sp³-hybridized carbons (Fsp3) is 0.273. The number of aliphatic hydroxyl groups is 1. The first-order chi connectivity index (χ1) is 8.40. The molecule has 0 saturated carbocycles. The highest BCUT2D eigenvalue weighted by molar-refractivity contribution is 9.10. The number of urea groups is 1. The van der Waals surface area contributed by atoms with E-state index in [0.29, 0.717) is 11.3 Å². The SMILES string of the molecule is C[C@H](O)c1ccc(Br)cc1OCC(=O)NC(N)=O. The van der Waals surface area contributed by atoms with Crippen molar-refractivity contribution < 1.29 is 19.4 Å². The Kier molecular flexibility index (Phi) is 5.11. The zero-order valence-corrected chi connectivity index (χ0v) is 11.2. The molecule has 0 radical (unpaired) electrons. The zero-order chi connectivity index (χ0) is 13.7. The van der Waals surface area contributed by atoms with E-state index in [-0.39, 0.29) is 6.61 Å². The smallest absolute Gasteiger partial charge is 0.318 e. The van der Waals surface area contributed by atoms with Crippen LogP contribution in [-0.4, -0.2) is 23.7 Å². The molecule has 0 spiro atoms. The minimum Gasteiger partial charge on any atom is -0.483 e. The molecule has 0 saturated heterocycles. The van der Waals surface area contributed by atoms with E-state index in [2.05, 4.69) is 15.9 Å². The van der Waals surface area contributed by atoms with Crippen molar-refractivity contribution in [2.24, 2.45) is 5.73 Å². The number of carbonyl (C=O) groups is 2. The van der Waals surface area contributed by atoms with Crippen molar-refractivity contribution in [2.45, 2.75) is 13.0 Å². The molecular formula is C11H13BrN2O4. The van der Waals surface area contributed by atoms with Gasteiger partial charge < -0.3 is 15.6 Å². The molecule has 0 aliphatic rings. The standard InChI is InChI=1S/C11H13BrN2O4/c1-6(15)8-3-2-7(12)4-9(8)18-5-10(16)14-11(13)17/h2-4,6,15H,5H2,1H3,(H3,13,14,16,17)/t6-/m0/s1. The largest absolute Gasteiger partial charge is 0.483 e. The first-order valence-electron chi connectivity index (χ1n) is 5.09. The Morgan fingerprint density at radius 1 is 1.56 bits per heavy atom. The van der Waals surface area contributed by atoms with Gasteiger partial charge in [-0.15, -0.1) is 0 Å². The van der Waals surface area contributed by atoms with E-state index in [1.54, 1.807) is 25.1 Å². The van der Waals surface area contributed by atoms with Crippen LogP contribution in [0, 0.1) is 0 Å². The molecule has 0 bridgehead atoms. The Labute approximate surface area is 112 Å². The quantitative estimate of drug-likeness (QED) is 0.773. The monoisotopic (exact) mass is 316 g/mol. The number of carbonyl (C=O) groups excluding carboxylic acids is 2. The second-order valence-electron chi connectivity index (χ2n) is 3.56. The number of hydrogen-bond donors (Lipinski definition) is 3. The summed E-state index contributed by atoms with van der Waals surface area (Å²) >= 11 is 3.26. The lowest BCUT2D eigenvalue weighted by molar-refractivity contribution is -0.121. The molecule has 3 amide bonds. The van der Waals surface area contributed by atoms with Gasteiger partial charge in [0.25, 0.3) is 5.91 Å². The third-order valence-electron chi connectivity index (χ3n) is 2.05. The Morgan fingerprint density at radius 3 is 2.78 bits per heavy atom. The minimum atomic E-state index is -0.936. The predicted molar refractivity (Wildman–Crippen MR) is 68.0 cm³/mol. The van der Waals surface area contributed by atoms with E-state index >= 15 is 0 Å². The fourth-order valence-corrected chi connectivity index (χ4v) is 1.64. The maximum atomic E-state index is 11.2. The molecule has 4 N–H and O–H groups in total. The highest BCUT2D eigenvalue weighted by atomic mass is 79.9. The lowest BCUT2D eigenvalue weighted by atomic mass is 10.1. The van der Waals surface area contributed by atoms with E-state index in [0.717, 1.165) is 4.47 Å². The summed E-state index contributed by atoms with van der Waals surface area (Å²) in [7, 11) is 0. The average molecular weight is 317 g/mol. The number of hydrogen-bond acceptors (Lipinski definition) is 4. The van der Waals surface area contributed by atoms with Gasteiger partial charge in [0, 0.05) is 10.0 Å². The number of halogens is 1. The van der Waals surface area contributed by atoms with Gasteiger partial charge in [0.2, 0.25) is 0 Å². The second kappa shape index (κ2) is 6.36. The molecule has 6 nitrogen and oxygen atoms in total. The average Bonchev–Trinajstić information content (AvgIpc) is 2.25. The molecule has 0 aliphatic carbocycles. The van der Waals surface area contributed by atoms with Crippen LogP contribution in [0.3, 0.4) is 0 Å². The van der Waals surface area contributed by atoms with Crippen LogP contribution in [0.5, 0.6) is 5.75 Å². The molecule has 0 heterocycles. The van der Waals surface area contributed by atoms with Gasteiger partial charge in [-0.2, -0.15) is 0 Å². The van der Waals surface area contributed by atoms with Crippen LogP contribution in [0.1, 0.15) is 18.6 Å². The normalized spacial score (nSPS) is 11.7. The fourth-order valence-electron chi connectivity index (χ4n) is 1.30. The highest BCUT2D eigenvalue weighted by Crippen LogP contribution is 2.28. The van der Waals surface area contributed by atoms with E-state index in [9.17, 15) is 14.7 Å². The molecule has 0 fully saturated rings. The molecular weight excluding hydrogens is 304 g/mol. The van der Waals surface area contributed by atoms with Gasteiger partial charge >= 0.3 is 6.03 Å². The first-order valence-corrected chi connectivity index (χ1v) is 5.89. The molecule has 0 aliphatic heterocycles. The van der Waals surface area contributed by atoms with Gasteiger partial charge in [-0.3, -0.25) is 10.1 Å². The third kappa shape index (κ3) is 4.34. The van der Waals surface area contributed by atoms with Crippen molar-refractivity contribution in [1.82, 2.24) is 5.32 Å². The van der Waals surface area contributed by atoms with E-state index in [1.165, 1.54) is 0 Å². The first kappa shape index (κ1) is 14.5. The maximum Gasteiger partial charge on any atom is 0.318 e. The summed E-state index contributed by atoms with van der Waals surface area (Å²) in [6, 6.07) is 4.11. The predicted octanol–water partition coefficient (Wildman–Crippen LogP) is 1.08. The van der Waals surface area contributed by atoms with Crippen molar-refractivity contribution in [2.75, 3.05) is 6.61 Å². The van der Waals surface area contributed by atoms with Crippen molar-refractivity contribution >= 4 is 27.9 Å². The lowest BCUT2D eigenvalue weighted by Crippen LogP contribution is -2.38. The molecule has 1 atom stereocenters. The number of benzene rings is 1. The third-order valence-corrected chi connectivity index (χ3v) is 2.54. The van der Waals surface area contributed by atoms with Crippen molar-refractivity contribution in [3.05, 3.63) is 28.2 Å². The van der Waals surface area contributed by atoms with Gasteiger partial charge in [0.05, 0.1) is 6.10 Å². The van der Waals surface area contributed by atoms with Crippen LogP contribution in [0.25, 0.3) is 0 Å². The van der Waals surface area contributed by atoms with E-state index in [4.69, 9.17) is 10.5 Å². The van der Waals surface area contributed by atoms with Crippen LogP contribution >= 0.6 is 15.9 Å². The lowest BCUT2D eigenvalue weighted by Gasteiger charge is -2.13. The number of nitrogens with one attached hydrogen (secondary N) is 1. The Balaban J connectivity index is 2.74. The molecule has 0 unspecified atom stereocenters. The number of primary amides is 1. The van der Waals surface area contributed by atoms with Crippen LogP contribution in [0.15, 0.2) is 22.7 Å². The van der Waals surface area contributed by atoms with E-state index in [1.807, 2.05) is 5.32 Å². The van der Waals surface area contributed by atoms with Crippen molar-refractivity contribution in [3.63, 3.8) is 0 Å². The van der Waals surface area contributed by atoms with Crippen LogP contribution < -0.4 is 15.8 Å². The zero-order valence-electron chi connectivity index (χ0n) is 9.64. The summed E-state index contributed by atoms with van der Waals surface area (Å²) in [5, 5.41) is 11.4. The highest BCUT2D eigenvalue weighted by Gasteiger charge is 2.12. The Bertz CT molecular complexity index is 462. The van der Waals surface area contributed by atoms with Gasteiger partial charge in [-0.25, -0.2) is 4.79 Å². The summed E-state index contributed by atoms with van der Waals surface area (Å²) in [5.74, 6) is -0.294. The second-order valence-corrected chi connectivity index (χ2v) is 4.47. The number of aliphatic hydroxyl groups excluding tert-OH is 1. The Hall–Kier alpha value is -1.60. The van der Waals surface area contributed by atoms with Crippen LogP contribution in [0.4, 0.5) is 4.79 Å². The molecule has 7 heteroatoms. The maximum absolute atomic E-state index is 11.2. The summed E-state index contributed by atoms with van der Waals surface area (Å²) in [4.78, 5) is 21.6. The molecule has 0 aromatic heterocycles. The number of nitrogens with two attached hydrogens (primary N) is 1.